The Morgan fingerprint density at radius 3 is 2.42 bits per heavy atom. The lowest BCUT2D eigenvalue weighted by Crippen LogP contribution is -2.48. The van der Waals surface area contributed by atoms with Crippen LogP contribution in [0.1, 0.15) is 16.7 Å². The number of hydrogen-bond acceptors (Lipinski definition) is 8. The summed E-state index contributed by atoms with van der Waals surface area (Å²) in [6.45, 7) is 4.98. The van der Waals surface area contributed by atoms with Crippen LogP contribution in [0.15, 0.2) is 34.0 Å². The standard InChI is InChI=1S/C25H26FN5O3S2/c1-16-19(14-21-24(33)31(12-13-34-3)25(35)36-21)22(28(2)23(32)20(16)15-27)30-10-8-29(9-11-30)18-6-4-17(26)5-7-18/h4-7,14H,8-13H2,1-3H3/b21-14+. The van der Waals surface area contributed by atoms with E-state index in [9.17, 15) is 19.2 Å². The lowest BCUT2D eigenvalue weighted by molar-refractivity contribution is -0.122. The number of piperazine rings is 1. The average Bonchev–Trinajstić information content (AvgIpc) is 3.14. The molecule has 2 aliphatic heterocycles. The predicted octanol–water partition coefficient (Wildman–Crippen LogP) is 2.88. The lowest BCUT2D eigenvalue weighted by Gasteiger charge is -2.38. The molecule has 0 atom stereocenters. The summed E-state index contributed by atoms with van der Waals surface area (Å²) in [6, 6.07) is 8.41. The molecule has 0 aliphatic carbocycles. The van der Waals surface area contributed by atoms with Gasteiger partial charge in [0, 0.05) is 51.6 Å². The van der Waals surface area contributed by atoms with Crippen molar-refractivity contribution in [3.05, 3.63) is 62.0 Å². The fourth-order valence-electron chi connectivity index (χ4n) is 4.43. The minimum Gasteiger partial charge on any atom is -0.383 e. The van der Waals surface area contributed by atoms with Crippen LogP contribution in [0.2, 0.25) is 0 Å². The zero-order valence-corrected chi connectivity index (χ0v) is 21.9. The topological polar surface area (TPSA) is 81.8 Å². The number of carbonyl (C=O) groups is 1. The first kappa shape index (κ1) is 25.9. The van der Waals surface area contributed by atoms with Gasteiger partial charge in [-0.15, -0.1) is 0 Å². The van der Waals surface area contributed by atoms with E-state index in [0.717, 1.165) is 5.69 Å². The molecule has 1 aromatic carbocycles. The highest BCUT2D eigenvalue weighted by atomic mass is 32.2. The van der Waals surface area contributed by atoms with Gasteiger partial charge in [-0.1, -0.05) is 24.0 Å². The summed E-state index contributed by atoms with van der Waals surface area (Å²) >= 11 is 6.60. The number of nitriles is 1. The predicted molar refractivity (Wildman–Crippen MR) is 144 cm³/mol. The van der Waals surface area contributed by atoms with E-state index in [0.29, 0.717) is 65.5 Å². The fraction of sp³-hybridized carbons (Fsp3) is 0.360. The van der Waals surface area contributed by atoms with Crippen LogP contribution in [0.4, 0.5) is 15.9 Å². The molecule has 0 spiro atoms. The molecule has 188 valence electrons. The van der Waals surface area contributed by atoms with Gasteiger partial charge in [-0.25, -0.2) is 4.39 Å². The van der Waals surface area contributed by atoms with Gasteiger partial charge in [-0.05, 0) is 42.8 Å². The van der Waals surface area contributed by atoms with Crippen LogP contribution in [0.3, 0.4) is 0 Å². The van der Waals surface area contributed by atoms with Crippen molar-refractivity contribution >= 4 is 51.8 Å². The summed E-state index contributed by atoms with van der Waals surface area (Å²) in [4.78, 5) is 32.3. The second kappa shape index (κ2) is 10.8. The van der Waals surface area contributed by atoms with Gasteiger partial charge in [0.15, 0.2) is 0 Å². The van der Waals surface area contributed by atoms with Gasteiger partial charge in [-0.3, -0.25) is 19.1 Å². The van der Waals surface area contributed by atoms with Crippen molar-refractivity contribution in [3.63, 3.8) is 0 Å². The number of aromatic nitrogens is 1. The molecule has 8 nitrogen and oxygen atoms in total. The van der Waals surface area contributed by atoms with E-state index < -0.39 is 0 Å². The first-order valence-corrected chi connectivity index (χ1v) is 12.6. The van der Waals surface area contributed by atoms with Crippen molar-refractivity contribution in [2.75, 3.05) is 56.2 Å². The monoisotopic (exact) mass is 527 g/mol. The number of thioether (sulfide) groups is 1. The van der Waals surface area contributed by atoms with E-state index in [2.05, 4.69) is 9.80 Å². The number of benzene rings is 1. The second-order valence-corrected chi connectivity index (χ2v) is 10.2. The Morgan fingerprint density at radius 2 is 1.81 bits per heavy atom. The Bertz CT molecular complexity index is 1330. The number of methoxy groups -OCH3 is 1. The van der Waals surface area contributed by atoms with Crippen LogP contribution in [0.25, 0.3) is 6.08 Å². The van der Waals surface area contributed by atoms with Crippen LogP contribution in [-0.4, -0.2) is 66.1 Å². The van der Waals surface area contributed by atoms with E-state index >= 15 is 0 Å². The lowest BCUT2D eigenvalue weighted by atomic mass is 10.0. The van der Waals surface area contributed by atoms with Gasteiger partial charge in [0.1, 0.15) is 27.6 Å². The minimum atomic E-state index is -0.379. The summed E-state index contributed by atoms with van der Waals surface area (Å²) in [6.07, 6.45) is 1.74. The Morgan fingerprint density at radius 1 is 1.17 bits per heavy atom. The van der Waals surface area contributed by atoms with Crippen LogP contribution in [0.5, 0.6) is 0 Å². The first-order chi connectivity index (χ1) is 17.3. The number of rotatable bonds is 6. The molecule has 0 N–H and O–H groups in total. The fourth-order valence-corrected chi connectivity index (χ4v) is 5.72. The molecule has 11 heteroatoms. The molecule has 0 saturated carbocycles. The summed E-state index contributed by atoms with van der Waals surface area (Å²) in [5, 5.41) is 9.68. The van der Waals surface area contributed by atoms with Crippen molar-refractivity contribution in [2.24, 2.45) is 7.05 Å². The summed E-state index contributed by atoms with van der Waals surface area (Å²) in [5.74, 6) is 0.149. The van der Waals surface area contributed by atoms with E-state index in [-0.39, 0.29) is 22.8 Å². The molecule has 36 heavy (non-hydrogen) atoms. The van der Waals surface area contributed by atoms with E-state index in [1.54, 1.807) is 39.3 Å². The Kier molecular flexibility index (Phi) is 7.78. The summed E-state index contributed by atoms with van der Waals surface area (Å²) in [7, 11) is 3.21. The number of hydrogen-bond donors (Lipinski definition) is 0. The zero-order chi connectivity index (χ0) is 26.0. The molecular weight excluding hydrogens is 501 g/mol. The number of pyridine rings is 1. The molecule has 4 rings (SSSR count). The number of nitrogens with zero attached hydrogens (tertiary/aromatic N) is 5. The summed E-state index contributed by atoms with van der Waals surface area (Å²) < 4.78 is 20.4. The smallest absolute Gasteiger partial charge is 0.270 e. The van der Waals surface area contributed by atoms with E-state index in [4.69, 9.17) is 17.0 Å². The first-order valence-electron chi connectivity index (χ1n) is 11.4. The van der Waals surface area contributed by atoms with Crippen molar-refractivity contribution in [3.8, 4) is 6.07 Å². The SMILES string of the molecule is COCCN1C(=O)/C(=C\c2c(C)c(C#N)c(=O)n(C)c2N2CCN(c3ccc(F)cc3)CC2)SC1=S. The molecule has 2 fully saturated rings. The molecule has 0 unspecified atom stereocenters. The molecule has 3 heterocycles. The highest BCUT2D eigenvalue weighted by molar-refractivity contribution is 8.26. The third-order valence-electron chi connectivity index (χ3n) is 6.41. The highest BCUT2D eigenvalue weighted by Crippen LogP contribution is 2.36. The largest absolute Gasteiger partial charge is 0.383 e. The van der Waals surface area contributed by atoms with Gasteiger partial charge in [0.2, 0.25) is 0 Å². The number of thiocarbonyl (C=S) groups is 1. The minimum absolute atomic E-state index is 0.0484. The number of amides is 1. The maximum atomic E-state index is 13.3. The Balaban J connectivity index is 1.70. The van der Waals surface area contributed by atoms with Gasteiger partial charge in [0.25, 0.3) is 11.5 Å². The van der Waals surface area contributed by atoms with Crippen LogP contribution >= 0.6 is 24.0 Å². The second-order valence-electron chi connectivity index (χ2n) is 8.49. The third kappa shape index (κ3) is 4.89. The van der Waals surface area contributed by atoms with Crippen molar-refractivity contribution < 1.29 is 13.9 Å². The maximum absolute atomic E-state index is 13.3. The highest BCUT2D eigenvalue weighted by Gasteiger charge is 2.33. The van der Waals surface area contributed by atoms with Crippen molar-refractivity contribution in [1.82, 2.24) is 9.47 Å². The zero-order valence-electron chi connectivity index (χ0n) is 20.3. The van der Waals surface area contributed by atoms with E-state index in [1.165, 1.54) is 33.4 Å². The number of anilines is 2. The van der Waals surface area contributed by atoms with Gasteiger partial charge >= 0.3 is 0 Å². The Hall–Kier alpha value is -3.20. The molecule has 2 saturated heterocycles. The van der Waals surface area contributed by atoms with Crippen LogP contribution in [-0.2, 0) is 16.6 Å². The van der Waals surface area contributed by atoms with Crippen LogP contribution < -0.4 is 15.4 Å². The maximum Gasteiger partial charge on any atom is 0.270 e. The molecule has 1 aromatic heterocycles. The average molecular weight is 528 g/mol. The molecular formula is C25H26FN5O3S2. The molecule has 2 aromatic rings. The molecule has 1 amide bonds. The molecule has 2 aliphatic rings. The molecule has 0 radical (unpaired) electrons. The molecule has 0 bridgehead atoms. The number of halogens is 1. The normalized spacial score (nSPS) is 17.3. The Labute approximate surface area is 218 Å². The van der Waals surface area contributed by atoms with Crippen molar-refractivity contribution in [2.45, 2.75) is 6.92 Å². The van der Waals surface area contributed by atoms with Crippen molar-refractivity contribution in [1.29, 1.82) is 5.26 Å². The van der Waals surface area contributed by atoms with Gasteiger partial charge in [0.05, 0.1) is 18.1 Å². The number of carbonyl (C=O) groups excluding carboxylic acids is 1. The third-order valence-corrected chi connectivity index (χ3v) is 7.78. The van der Waals surface area contributed by atoms with Gasteiger partial charge in [-0.2, -0.15) is 5.26 Å². The van der Waals surface area contributed by atoms with E-state index in [1.807, 2.05) is 6.07 Å². The van der Waals surface area contributed by atoms with Gasteiger partial charge < -0.3 is 14.5 Å². The number of ether oxygens (including phenoxy) is 1. The van der Waals surface area contributed by atoms with Crippen LogP contribution in [0, 0.1) is 24.1 Å². The summed E-state index contributed by atoms with van der Waals surface area (Å²) in [5.41, 5.74) is 1.78. The quantitative estimate of drug-likeness (QED) is 0.419.